The summed E-state index contributed by atoms with van der Waals surface area (Å²) in [7, 11) is 0. The van der Waals surface area contributed by atoms with Crippen LogP contribution in [0.3, 0.4) is 0 Å². The molecule has 0 unspecified atom stereocenters. The van der Waals surface area contributed by atoms with E-state index in [2.05, 4.69) is 35.3 Å². The van der Waals surface area contributed by atoms with Crippen LogP contribution in [0.1, 0.15) is 13.4 Å². The van der Waals surface area contributed by atoms with Crippen molar-refractivity contribution < 1.29 is 35.7 Å². The van der Waals surface area contributed by atoms with E-state index in [-0.39, 0.29) is 31.0 Å². The SMILES string of the molecule is C1=CCC2=Cc3ccc4c[nH]cc4c3OC2=C1.[H-].[Na+]. The van der Waals surface area contributed by atoms with E-state index >= 15 is 0 Å². The third-order valence-corrected chi connectivity index (χ3v) is 3.31. The van der Waals surface area contributed by atoms with Crippen LogP contribution in [0.4, 0.5) is 0 Å². The zero-order valence-electron chi connectivity index (χ0n) is 11.2. The first-order chi connectivity index (χ1) is 8.42. The molecule has 2 heterocycles. The maximum Gasteiger partial charge on any atom is 1.00 e. The van der Waals surface area contributed by atoms with E-state index in [9.17, 15) is 0 Å². The fourth-order valence-electron chi connectivity index (χ4n) is 2.43. The quantitative estimate of drug-likeness (QED) is 0.685. The first-order valence-electron chi connectivity index (χ1n) is 5.77. The Morgan fingerprint density at radius 3 is 3.11 bits per heavy atom. The van der Waals surface area contributed by atoms with Gasteiger partial charge in [0.05, 0.1) is 0 Å². The zero-order valence-corrected chi connectivity index (χ0v) is 12.2. The average Bonchev–Trinajstić information content (AvgIpc) is 2.85. The van der Waals surface area contributed by atoms with Gasteiger partial charge in [-0.2, -0.15) is 0 Å². The molecule has 1 aromatic heterocycles. The van der Waals surface area contributed by atoms with E-state index in [4.69, 9.17) is 4.74 Å². The van der Waals surface area contributed by atoms with Gasteiger partial charge < -0.3 is 11.1 Å². The molecule has 0 saturated carbocycles. The molecule has 1 N–H and O–H groups in total. The Labute approximate surface area is 129 Å². The Morgan fingerprint density at radius 2 is 2.17 bits per heavy atom. The molecule has 4 rings (SSSR count). The van der Waals surface area contributed by atoms with Gasteiger partial charge >= 0.3 is 29.6 Å². The molecule has 0 radical (unpaired) electrons. The van der Waals surface area contributed by atoms with Gasteiger partial charge in [-0.05, 0) is 24.1 Å². The predicted molar refractivity (Wildman–Crippen MR) is 69.9 cm³/mol. The molecule has 2 aromatic rings. The van der Waals surface area contributed by atoms with Crippen LogP contribution in [0.15, 0.2) is 54.1 Å². The largest absolute Gasteiger partial charge is 1.00 e. The number of rotatable bonds is 0. The van der Waals surface area contributed by atoms with Gasteiger partial charge in [0, 0.05) is 28.7 Å². The molecule has 0 atom stereocenters. The van der Waals surface area contributed by atoms with Crippen LogP contribution in [0, 0.1) is 0 Å². The van der Waals surface area contributed by atoms with E-state index in [1.807, 2.05) is 18.5 Å². The van der Waals surface area contributed by atoms with Crippen molar-refractivity contribution in [2.24, 2.45) is 0 Å². The second-order valence-electron chi connectivity index (χ2n) is 4.38. The first kappa shape index (κ1) is 11.8. The molecule has 0 spiro atoms. The summed E-state index contributed by atoms with van der Waals surface area (Å²) in [5.74, 6) is 1.95. The normalized spacial score (nSPS) is 16.0. The summed E-state index contributed by atoms with van der Waals surface area (Å²) >= 11 is 0. The summed E-state index contributed by atoms with van der Waals surface area (Å²) in [6.45, 7) is 0. The molecule has 3 heteroatoms. The van der Waals surface area contributed by atoms with Gasteiger partial charge in [0.2, 0.25) is 0 Å². The fraction of sp³-hybridized carbons (Fsp3) is 0.0667. The Balaban J connectivity index is 0.000000667. The molecule has 0 amide bonds. The monoisotopic (exact) mass is 245 g/mol. The van der Waals surface area contributed by atoms with Crippen LogP contribution < -0.4 is 34.3 Å². The number of hydrogen-bond acceptors (Lipinski definition) is 1. The van der Waals surface area contributed by atoms with Gasteiger partial charge in [-0.1, -0.05) is 24.3 Å². The number of ether oxygens (including phenoxy) is 1. The van der Waals surface area contributed by atoms with Crippen LogP contribution in [-0.2, 0) is 0 Å². The van der Waals surface area contributed by atoms with Crippen molar-refractivity contribution in [3.8, 4) is 5.75 Å². The van der Waals surface area contributed by atoms with Crippen molar-refractivity contribution in [2.75, 3.05) is 0 Å². The molecule has 2 nitrogen and oxygen atoms in total. The molecule has 0 fully saturated rings. The molecule has 0 bridgehead atoms. The van der Waals surface area contributed by atoms with E-state index in [1.165, 1.54) is 16.5 Å². The number of allylic oxidation sites excluding steroid dienone is 4. The number of aromatic amines is 1. The smallest absolute Gasteiger partial charge is 1.00 e. The molecule has 1 aromatic carbocycles. The molecular weight excluding hydrogens is 233 g/mol. The van der Waals surface area contributed by atoms with E-state index in [0.717, 1.165) is 23.3 Å². The van der Waals surface area contributed by atoms with Gasteiger partial charge in [-0.15, -0.1) is 0 Å². The number of nitrogens with one attached hydrogen (secondary N) is 1. The van der Waals surface area contributed by atoms with Crippen LogP contribution >= 0.6 is 0 Å². The van der Waals surface area contributed by atoms with Gasteiger partial charge in [0.1, 0.15) is 11.5 Å². The summed E-state index contributed by atoms with van der Waals surface area (Å²) in [6.07, 6.45) is 13.4. The predicted octanol–water partition coefficient (Wildman–Crippen LogP) is 0.904. The summed E-state index contributed by atoms with van der Waals surface area (Å²) < 4.78 is 6.03. The Bertz CT molecular complexity index is 712. The molecule has 0 saturated heterocycles. The first-order valence-corrected chi connectivity index (χ1v) is 5.77. The molecule has 1 aliphatic carbocycles. The number of fused-ring (bicyclic) bond motifs is 4. The third kappa shape index (κ3) is 1.69. The summed E-state index contributed by atoms with van der Waals surface area (Å²) in [4.78, 5) is 3.13. The van der Waals surface area contributed by atoms with Crippen molar-refractivity contribution in [3.05, 3.63) is 59.7 Å². The van der Waals surface area contributed by atoms with Crippen molar-refractivity contribution >= 4 is 16.8 Å². The number of H-pyrrole nitrogens is 1. The van der Waals surface area contributed by atoms with Gasteiger partial charge in [0.25, 0.3) is 0 Å². The second-order valence-corrected chi connectivity index (χ2v) is 4.38. The minimum absolute atomic E-state index is 0. The van der Waals surface area contributed by atoms with E-state index in [0.29, 0.717) is 0 Å². The zero-order chi connectivity index (χ0) is 11.2. The molecule has 18 heavy (non-hydrogen) atoms. The Hall–Kier alpha value is -1.22. The van der Waals surface area contributed by atoms with Crippen molar-refractivity contribution in [3.63, 3.8) is 0 Å². The van der Waals surface area contributed by atoms with Gasteiger partial charge in [0.15, 0.2) is 0 Å². The third-order valence-electron chi connectivity index (χ3n) is 3.31. The Morgan fingerprint density at radius 1 is 1.22 bits per heavy atom. The van der Waals surface area contributed by atoms with E-state index < -0.39 is 0 Å². The maximum absolute atomic E-state index is 6.03. The average molecular weight is 245 g/mol. The number of benzene rings is 1. The van der Waals surface area contributed by atoms with Crippen LogP contribution in [0.25, 0.3) is 16.8 Å². The number of aromatic nitrogens is 1. The summed E-state index contributed by atoms with van der Waals surface area (Å²) in [5.41, 5.74) is 2.43. The minimum Gasteiger partial charge on any atom is -1.00 e. The molecule has 84 valence electrons. The summed E-state index contributed by atoms with van der Waals surface area (Å²) in [6, 6.07) is 4.24. The van der Waals surface area contributed by atoms with Crippen LogP contribution in [-0.4, -0.2) is 4.98 Å². The second kappa shape index (κ2) is 4.47. The molecular formula is C15H12NNaO. The van der Waals surface area contributed by atoms with Crippen molar-refractivity contribution in [2.45, 2.75) is 6.42 Å². The van der Waals surface area contributed by atoms with Crippen LogP contribution in [0.2, 0.25) is 0 Å². The van der Waals surface area contributed by atoms with Crippen molar-refractivity contribution in [1.82, 2.24) is 4.98 Å². The van der Waals surface area contributed by atoms with Gasteiger partial charge in [-0.3, -0.25) is 0 Å². The summed E-state index contributed by atoms with van der Waals surface area (Å²) in [5, 5.41) is 2.33. The van der Waals surface area contributed by atoms with Crippen LogP contribution in [0.5, 0.6) is 5.75 Å². The minimum atomic E-state index is 0. The standard InChI is InChI=1S/C15H11NO.Na.H/c1-2-4-14-10(3-1)7-11-5-6-12-8-16-9-13(12)15(11)17-14;;/h1-2,4-9,16H,3H2;;/q;+1;-1. The molecule has 2 aliphatic rings. The Kier molecular flexibility index (Phi) is 2.94. The van der Waals surface area contributed by atoms with E-state index in [1.54, 1.807) is 0 Å². The number of hydrogen-bond donors (Lipinski definition) is 1. The molecule has 1 aliphatic heterocycles. The maximum atomic E-state index is 6.03. The van der Waals surface area contributed by atoms with Crippen molar-refractivity contribution in [1.29, 1.82) is 0 Å². The fourth-order valence-corrected chi connectivity index (χ4v) is 2.43. The topological polar surface area (TPSA) is 25.0 Å². The van der Waals surface area contributed by atoms with Gasteiger partial charge in [-0.25, -0.2) is 0 Å².